The van der Waals surface area contributed by atoms with Crippen molar-refractivity contribution >= 4 is 11.3 Å². The predicted molar refractivity (Wildman–Crippen MR) is 59.5 cm³/mol. The van der Waals surface area contributed by atoms with Gasteiger partial charge < -0.3 is 5.73 Å². The zero-order valence-electron chi connectivity index (χ0n) is 8.91. The van der Waals surface area contributed by atoms with Gasteiger partial charge in [0.05, 0.1) is 12.6 Å². The van der Waals surface area contributed by atoms with E-state index in [1.807, 2.05) is 18.4 Å². The Morgan fingerprint density at radius 3 is 2.60 bits per heavy atom. The first-order chi connectivity index (χ1) is 7.06. The zero-order chi connectivity index (χ0) is 11.4. The van der Waals surface area contributed by atoms with Gasteiger partial charge in [-0.05, 0) is 31.0 Å². The molecule has 1 heterocycles. The van der Waals surface area contributed by atoms with E-state index in [1.165, 1.54) is 0 Å². The van der Waals surface area contributed by atoms with Crippen molar-refractivity contribution in [1.29, 1.82) is 0 Å². The van der Waals surface area contributed by atoms with Crippen LogP contribution in [0.2, 0.25) is 0 Å². The molecular weight excluding hydrogens is 218 g/mol. The first-order valence-electron chi connectivity index (χ1n) is 4.78. The van der Waals surface area contributed by atoms with Crippen LogP contribution in [-0.4, -0.2) is 31.5 Å². The summed E-state index contributed by atoms with van der Waals surface area (Å²) in [5.74, 6) is 0. The number of halogens is 2. The molecule has 1 rings (SSSR count). The van der Waals surface area contributed by atoms with Crippen LogP contribution in [0.15, 0.2) is 11.4 Å². The summed E-state index contributed by atoms with van der Waals surface area (Å²) in [4.78, 5) is 2.70. The lowest BCUT2D eigenvalue weighted by atomic mass is 10.1. The fourth-order valence-electron chi connectivity index (χ4n) is 1.56. The Bertz CT molecular complexity index is 301. The van der Waals surface area contributed by atoms with E-state index >= 15 is 0 Å². The number of alkyl halides is 2. The molecule has 0 amide bonds. The number of hydrogen-bond donors (Lipinski definition) is 1. The molecule has 0 aliphatic rings. The smallest absolute Gasteiger partial charge is 0.251 e. The molecular formula is C10H16F2N2S. The molecule has 1 atom stereocenters. The third-order valence-corrected chi connectivity index (χ3v) is 3.51. The monoisotopic (exact) mass is 234 g/mol. The van der Waals surface area contributed by atoms with E-state index in [2.05, 4.69) is 0 Å². The molecule has 0 aliphatic carbocycles. The highest BCUT2D eigenvalue weighted by Gasteiger charge is 2.20. The van der Waals surface area contributed by atoms with Gasteiger partial charge in [-0.2, -0.15) is 0 Å². The molecule has 0 spiro atoms. The SMILES string of the molecule is Cc1ccsc1C(CN)N(C)CC(F)F. The van der Waals surface area contributed by atoms with E-state index in [-0.39, 0.29) is 12.6 Å². The Kier molecular flexibility index (Phi) is 4.63. The van der Waals surface area contributed by atoms with Crippen molar-refractivity contribution in [3.05, 3.63) is 21.9 Å². The van der Waals surface area contributed by atoms with Crippen LogP contribution in [0, 0.1) is 6.92 Å². The van der Waals surface area contributed by atoms with Crippen LogP contribution in [0.4, 0.5) is 8.78 Å². The van der Waals surface area contributed by atoms with Crippen LogP contribution in [-0.2, 0) is 0 Å². The molecule has 0 saturated carbocycles. The number of thiophene rings is 1. The Labute approximate surface area is 92.7 Å². The number of nitrogens with two attached hydrogens (primary N) is 1. The van der Waals surface area contributed by atoms with Gasteiger partial charge in [0.25, 0.3) is 6.43 Å². The fourth-order valence-corrected chi connectivity index (χ4v) is 2.66. The third kappa shape index (κ3) is 3.22. The lowest BCUT2D eigenvalue weighted by molar-refractivity contribution is 0.0828. The van der Waals surface area contributed by atoms with Crippen molar-refractivity contribution in [2.45, 2.75) is 19.4 Å². The second-order valence-corrected chi connectivity index (χ2v) is 4.50. The molecule has 0 aliphatic heterocycles. The lowest BCUT2D eigenvalue weighted by Crippen LogP contribution is -2.33. The summed E-state index contributed by atoms with van der Waals surface area (Å²) in [5.41, 5.74) is 6.75. The highest BCUT2D eigenvalue weighted by molar-refractivity contribution is 7.10. The van der Waals surface area contributed by atoms with E-state index in [0.717, 1.165) is 10.4 Å². The summed E-state index contributed by atoms with van der Waals surface area (Å²) >= 11 is 1.57. The molecule has 2 N–H and O–H groups in total. The molecule has 1 aromatic rings. The summed E-state index contributed by atoms with van der Waals surface area (Å²) in [5, 5.41) is 1.96. The summed E-state index contributed by atoms with van der Waals surface area (Å²) < 4.78 is 24.5. The Balaban J connectivity index is 2.75. The van der Waals surface area contributed by atoms with Gasteiger partial charge >= 0.3 is 0 Å². The molecule has 0 bridgehead atoms. The van der Waals surface area contributed by atoms with Gasteiger partial charge in [-0.1, -0.05) is 0 Å². The minimum absolute atomic E-state index is 0.0981. The van der Waals surface area contributed by atoms with Gasteiger partial charge in [0.2, 0.25) is 0 Å². The molecule has 0 aromatic carbocycles. The summed E-state index contributed by atoms with van der Waals surface area (Å²) in [6.45, 7) is 2.11. The average molecular weight is 234 g/mol. The van der Waals surface area contributed by atoms with Crippen molar-refractivity contribution in [3.8, 4) is 0 Å². The first kappa shape index (κ1) is 12.5. The van der Waals surface area contributed by atoms with Crippen LogP contribution in [0.5, 0.6) is 0 Å². The van der Waals surface area contributed by atoms with Crippen molar-refractivity contribution in [1.82, 2.24) is 4.90 Å². The number of hydrogen-bond acceptors (Lipinski definition) is 3. The summed E-state index contributed by atoms with van der Waals surface area (Å²) in [6.07, 6.45) is -2.32. The van der Waals surface area contributed by atoms with E-state index in [4.69, 9.17) is 5.73 Å². The van der Waals surface area contributed by atoms with Gasteiger partial charge in [-0.3, -0.25) is 4.90 Å². The maximum atomic E-state index is 12.2. The molecule has 0 radical (unpaired) electrons. The largest absolute Gasteiger partial charge is 0.329 e. The lowest BCUT2D eigenvalue weighted by Gasteiger charge is -2.26. The third-order valence-electron chi connectivity index (χ3n) is 2.39. The molecule has 1 aromatic heterocycles. The van der Waals surface area contributed by atoms with E-state index < -0.39 is 6.43 Å². The second-order valence-electron chi connectivity index (χ2n) is 3.55. The van der Waals surface area contributed by atoms with E-state index in [9.17, 15) is 8.78 Å². The highest BCUT2D eigenvalue weighted by atomic mass is 32.1. The van der Waals surface area contributed by atoms with Crippen molar-refractivity contribution in [2.24, 2.45) is 5.73 Å². The maximum Gasteiger partial charge on any atom is 0.251 e. The maximum absolute atomic E-state index is 12.2. The minimum atomic E-state index is -2.32. The van der Waals surface area contributed by atoms with E-state index in [1.54, 1.807) is 23.3 Å². The minimum Gasteiger partial charge on any atom is -0.329 e. The number of rotatable bonds is 5. The number of nitrogens with zero attached hydrogens (tertiary/aromatic N) is 1. The summed E-state index contributed by atoms with van der Waals surface area (Å²) in [6, 6.07) is 1.89. The van der Waals surface area contributed by atoms with Crippen LogP contribution >= 0.6 is 11.3 Å². The quantitative estimate of drug-likeness (QED) is 0.846. The van der Waals surface area contributed by atoms with Gasteiger partial charge in [0.1, 0.15) is 0 Å². The normalized spacial score (nSPS) is 13.8. The van der Waals surface area contributed by atoms with Gasteiger partial charge in [-0.25, -0.2) is 8.78 Å². The number of aryl methyl sites for hydroxylation is 1. The number of likely N-dealkylation sites (N-methyl/N-ethyl adjacent to an activating group) is 1. The Morgan fingerprint density at radius 1 is 1.53 bits per heavy atom. The van der Waals surface area contributed by atoms with Gasteiger partial charge in [-0.15, -0.1) is 11.3 Å². The average Bonchev–Trinajstić information content (AvgIpc) is 2.52. The van der Waals surface area contributed by atoms with Crippen molar-refractivity contribution < 1.29 is 8.78 Å². The fraction of sp³-hybridized carbons (Fsp3) is 0.600. The molecule has 5 heteroatoms. The van der Waals surface area contributed by atoms with Crippen LogP contribution < -0.4 is 5.73 Å². The van der Waals surface area contributed by atoms with Crippen LogP contribution in [0.1, 0.15) is 16.5 Å². The predicted octanol–water partition coefficient (Wildman–Crippen LogP) is 2.25. The van der Waals surface area contributed by atoms with E-state index in [0.29, 0.717) is 6.54 Å². The Morgan fingerprint density at radius 2 is 2.20 bits per heavy atom. The molecule has 2 nitrogen and oxygen atoms in total. The van der Waals surface area contributed by atoms with Crippen LogP contribution in [0.25, 0.3) is 0 Å². The van der Waals surface area contributed by atoms with Crippen molar-refractivity contribution in [3.63, 3.8) is 0 Å². The highest BCUT2D eigenvalue weighted by Crippen LogP contribution is 2.27. The van der Waals surface area contributed by atoms with Gasteiger partial charge in [0.15, 0.2) is 0 Å². The first-order valence-corrected chi connectivity index (χ1v) is 5.66. The standard InChI is InChI=1S/C10H16F2N2S/c1-7-3-4-15-10(7)8(5-13)14(2)6-9(11)12/h3-4,8-9H,5-6,13H2,1-2H3. The second kappa shape index (κ2) is 5.53. The zero-order valence-corrected chi connectivity index (χ0v) is 9.73. The molecule has 0 saturated heterocycles. The van der Waals surface area contributed by atoms with Crippen LogP contribution in [0.3, 0.4) is 0 Å². The Hall–Kier alpha value is -0.520. The topological polar surface area (TPSA) is 29.3 Å². The molecule has 15 heavy (non-hydrogen) atoms. The molecule has 0 fully saturated rings. The summed E-state index contributed by atoms with van der Waals surface area (Å²) in [7, 11) is 1.68. The van der Waals surface area contributed by atoms with Gasteiger partial charge in [0, 0.05) is 11.4 Å². The molecule has 86 valence electrons. The molecule has 1 unspecified atom stereocenters. The van der Waals surface area contributed by atoms with Crippen molar-refractivity contribution in [2.75, 3.05) is 20.1 Å².